The average molecular weight is 418 g/mol. The highest BCUT2D eigenvalue weighted by Crippen LogP contribution is 2.40. The number of carbonyl (C=O) groups is 1. The third kappa shape index (κ3) is 3.76. The van der Waals surface area contributed by atoms with Gasteiger partial charge in [0.15, 0.2) is 5.78 Å². The quantitative estimate of drug-likeness (QED) is 0.596. The monoisotopic (exact) mass is 417 g/mol. The van der Waals surface area contributed by atoms with Crippen molar-refractivity contribution in [3.63, 3.8) is 0 Å². The summed E-state index contributed by atoms with van der Waals surface area (Å²) in [5.41, 5.74) is 9.48. The zero-order chi connectivity index (χ0) is 21.9. The molecule has 31 heavy (non-hydrogen) atoms. The lowest BCUT2D eigenvalue weighted by atomic mass is 9.94. The number of piperidine rings is 1. The maximum atomic E-state index is 13.5. The molecular weight excluding hydrogens is 382 g/mol. The van der Waals surface area contributed by atoms with E-state index in [1.165, 1.54) is 59.6 Å². The average Bonchev–Trinajstić information content (AvgIpc) is 3.65. The van der Waals surface area contributed by atoms with Crippen molar-refractivity contribution in [3.8, 4) is 0 Å². The van der Waals surface area contributed by atoms with Crippen LogP contribution in [0.15, 0.2) is 23.3 Å². The van der Waals surface area contributed by atoms with E-state index in [9.17, 15) is 4.79 Å². The summed E-state index contributed by atoms with van der Waals surface area (Å²) in [6.45, 7) is 13.4. The van der Waals surface area contributed by atoms with Gasteiger partial charge in [-0.2, -0.15) is 0 Å². The summed E-state index contributed by atoms with van der Waals surface area (Å²) in [5, 5.41) is 0. The minimum Gasteiger partial charge on any atom is -0.346 e. The molecule has 3 heterocycles. The summed E-state index contributed by atoms with van der Waals surface area (Å²) in [5.74, 6) is 0.220. The van der Waals surface area contributed by atoms with E-state index in [0.29, 0.717) is 12.1 Å². The Kier molecular flexibility index (Phi) is 5.09. The molecule has 0 aromatic carbocycles. The zero-order valence-corrected chi connectivity index (χ0v) is 19.7. The van der Waals surface area contributed by atoms with Crippen LogP contribution >= 0.6 is 0 Å². The minimum absolute atomic E-state index is 0.220. The summed E-state index contributed by atoms with van der Waals surface area (Å²) < 4.78 is 4.92. The van der Waals surface area contributed by atoms with Gasteiger partial charge in [-0.25, -0.2) is 0 Å². The highest BCUT2D eigenvalue weighted by atomic mass is 16.1. The van der Waals surface area contributed by atoms with Gasteiger partial charge in [-0.1, -0.05) is 6.92 Å². The molecule has 2 aliphatic carbocycles. The third-order valence-corrected chi connectivity index (χ3v) is 7.35. The fourth-order valence-corrected chi connectivity index (χ4v) is 5.40. The van der Waals surface area contributed by atoms with Crippen LogP contribution in [-0.2, 0) is 4.79 Å². The van der Waals surface area contributed by atoms with E-state index in [1.807, 2.05) is 0 Å². The lowest BCUT2D eigenvalue weighted by Gasteiger charge is -2.28. The molecule has 2 aromatic heterocycles. The van der Waals surface area contributed by atoms with Gasteiger partial charge in [0.1, 0.15) is 0 Å². The maximum Gasteiger partial charge on any atom is 0.187 e. The molecule has 4 heteroatoms. The summed E-state index contributed by atoms with van der Waals surface area (Å²) >= 11 is 0. The SMILES string of the molecule is CCN1C/C(=C/c2cc(C)n(C3CC3)c2C)C(=O)/C(=C\c2cc(C)n(C3CC3)c2C)C1. The van der Waals surface area contributed by atoms with Crippen molar-refractivity contribution in [2.24, 2.45) is 0 Å². The van der Waals surface area contributed by atoms with Crippen molar-refractivity contribution >= 4 is 17.9 Å². The molecule has 2 aromatic rings. The lowest BCUT2D eigenvalue weighted by Crippen LogP contribution is -2.37. The number of ketones is 1. The van der Waals surface area contributed by atoms with Crippen LogP contribution in [0.1, 0.15) is 78.6 Å². The van der Waals surface area contributed by atoms with Crippen LogP contribution in [-0.4, -0.2) is 39.5 Å². The number of carbonyl (C=O) groups excluding carboxylic acids is 1. The number of hydrogen-bond acceptors (Lipinski definition) is 2. The molecule has 4 nitrogen and oxygen atoms in total. The Morgan fingerprint density at radius 3 is 1.58 bits per heavy atom. The molecule has 2 saturated carbocycles. The number of hydrogen-bond donors (Lipinski definition) is 0. The van der Waals surface area contributed by atoms with E-state index in [1.54, 1.807) is 0 Å². The summed E-state index contributed by atoms with van der Waals surface area (Å²) in [6, 6.07) is 5.84. The van der Waals surface area contributed by atoms with Crippen LogP contribution in [0.5, 0.6) is 0 Å². The first-order valence-corrected chi connectivity index (χ1v) is 11.9. The van der Waals surface area contributed by atoms with Gasteiger partial charge in [0.2, 0.25) is 0 Å². The van der Waals surface area contributed by atoms with Gasteiger partial charge in [0, 0.05) is 59.1 Å². The van der Waals surface area contributed by atoms with E-state index in [4.69, 9.17) is 0 Å². The van der Waals surface area contributed by atoms with Crippen LogP contribution in [0.2, 0.25) is 0 Å². The van der Waals surface area contributed by atoms with Crippen LogP contribution in [0.4, 0.5) is 0 Å². The molecule has 5 rings (SSSR count). The predicted octanol–water partition coefficient (Wildman–Crippen LogP) is 5.56. The van der Waals surface area contributed by atoms with Crippen molar-refractivity contribution in [3.05, 3.63) is 57.2 Å². The first kappa shape index (κ1) is 20.6. The molecule has 3 fully saturated rings. The first-order valence-electron chi connectivity index (χ1n) is 11.9. The second-order valence-electron chi connectivity index (χ2n) is 9.83. The number of rotatable bonds is 5. The molecule has 1 aliphatic heterocycles. The Morgan fingerprint density at radius 2 is 1.23 bits per heavy atom. The van der Waals surface area contributed by atoms with Gasteiger partial charge in [0.25, 0.3) is 0 Å². The van der Waals surface area contributed by atoms with Gasteiger partial charge in [-0.15, -0.1) is 0 Å². The minimum atomic E-state index is 0.220. The third-order valence-electron chi connectivity index (χ3n) is 7.35. The van der Waals surface area contributed by atoms with Gasteiger partial charge in [-0.3, -0.25) is 9.69 Å². The molecular formula is C27H35N3O. The van der Waals surface area contributed by atoms with Crippen LogP contribution in [0, 0.1) is 27.7 Å². The summed E-state index contributed by atoms with van der Waals surface area (Å²) in [7, 11) is 0. The van der Waals surface area contributed by atoms with Gasteiger partial charge in [-0.05, 0) is 95.3 Å². The lowest BCUT2D eigenvalue weighted by molar-refractivity contribution is -0.113. The van der Waals surface area contributed by atoms with Crippen molar-refractivity contribution in [1.29, 1.82) is 0 Å². The molecule has 3 aliphatic rings. The molecule has 0 amide bonds. The van der Waals surface area contributed by atoms with E-state index in [-0.39, 0.29) is 5.78 Å². The topological polar surface area (TPSA) is 30.2 Å². The van der Waals surface area contributed by atoms with Gasteiger partial charge >= 0.3 is 0 Å². The van der Waals surface area contributed by atoms with Crippen LogP contribution in [0.3, 0.4) is 0 Å². The molecule has 0 N–H and O–H groups in total. The molecule has 0 unspecified atom stereocenters. The number of nitrogens with zero attached hydrogens (tertiary/aromatic N) is 3. The second kappa shape index (κ2) is 7.67. The Morgan fingerprint density at radius 1 is 0.806 bits per heavy atom. The fraction of sp³-hybridized carbons (Fsp3) is 0.519. The van der Waals surface area contributed by atoms with E-state index >= 15 is 0 Å². The van der Waals surface area contributed by atoms with E-state index < -0.39 is 0 Å². The fourth-order valence-electron chi connectivity index (χ4n) is 5.40. The van der Waals surface area contributed by atoms with Crippen molar-refractivity contribution in [1.82, 2.24) is 14.0 Å². The predicted molar refractivity (Wildman–Crippen MR) is 127 cm³/mol. The molecule has 1 saturated heterocycles. The molecule has 164 valence electrons. The number of likely N-dealkylation sites (N-methyl/N-ethyl adjacent to an activating group) is 1. The van der Waals surface area contributed by atoms with E-state index in [0.717, 1.165) is 30.8 Å². The Labute approximate surface area is 186 Å². The molecule has 0 spiro atoms. The number of Topliss-reactive ketones (excluding diaryl/α,β-unsaturated/α-hetero) is 1. The Hall–Kier alpha value is -2.33. The molecule has 0 atom stereocenters. The summed E-state index contributed by atoms with van der Waals surface area (Å²) in [4.78, 5) is 15.9. The van der Waals surface area contributed by atoms with Crippen LogP contribution < -0.4 is 0 Å². The standard InChI is InChI=1S/C27H35N3O/c1-6-28-15-23(13-21-11-17(2)29(19(21)4)25-7-8-25)27(31)24(16-28)14-22-12-18(3)30(20(22)5)26-9-10-26/h11-14,25-26H,6-10,15-16H2,1-5H3/b23-13-,24-14-. The zero-order valence-electron chi connectivity index (χ0n) is 19.7. The van der Waals surface area contributed by atoms with Gasteiger partial charge < -0.3 is 9.13 Å². The van der Waals surface area contributed by atoms with Crippen molar-refractivity contribution in [2.75, 3.05) is 19.6 Å². The van der Waals surface area contributed by atoms with Crippen LogP contribution in [0.25, 0.3) is 12.2 Å². The van der Waals surface area contributed by atoms with E-state index in [2.05, 4.69) is 72.9 Å². The molecule has 0 bridgehead atoms. The van der Waals surface area contributed by atoms with Gasteiger partial charge in [0.05, 0.1) is 0 Å². The van der Waals surface area contributed by atoms with Crippen molar-refractivity contribution < 1.29 is 4.79 Å². The Balaban J connectivity index is 1.50. The maximum absolute atomic E-state index is 13.5. The highest BCUT2D eigenvalue weighted by molar-refractivity contribution is 6.14. The molecule has 0 radical (unpaired) electrons. The number of likely N-dealkylation sites (tertiary alicyclic amines) is 1. The summed E-state index contributed by atoms with van der Waals surface area (Å²) in [6.07, 6.45) is 9.43. The number of aryl methyl sites for hydroxylation is 2. The normalized spacial score (nSPS) is 22.8. The first-order chi connectivity index (χ1) is 14.9. The highest BCUT2D eigenvalue weighted by Gasteiger charge is 2.30. The smallest absolute Gasteiger partial charge is 0.187 e. The largest absolute Gasteiger partial charge is 0.346 e. The Bertz CT molecular complexity index is 1020. The number of aromatic nitrogens is 2. The second-order valence-corrected chi connectivity index (χ2v) is 9.83. The van der Waals surface area contributed by atoms with Crippen molar-refractivity contribution in [2.45, 2.75) is 72.4 Å².